The predicted octanol–water partition coefficient (Wildman–Crippen LogP) is 10.8. The van der Waals surface area contributed by atoms with Gasteiger partial charge in [-0.1, -0.05) is 17.7 Å². The van der Waals surface area contributed by atoms with E-state index in [1.807, 2.05) is 18.2 Å². The molecular weight excluding hydrogens is 1250 g/mol. The highest BCUT2D eigenvalue weighted by molar-refractivity contribution is 7.90. The molecule has 3 aromatic heterocycles. The normalized spacial score (nSPS) is 11.8. The van der Waals surface area contributed by atoms with Crippen molar-refractivity contribution >= 4 is 127 Å². The van der Waals surface area contributed by atoms with Crippen LogP contribution in [0.3, 0.4) is 0 Å². The summed E-state index contributed by atoms with van der Waals surface area (Å²) in [4.78, 5) is 70.0. The maximum Gasteiger partial charge on any atom is 0.420 e. The molecule has 474 valence electrons. The number of hydrogen-bond acceptors (Lipinski definition) is 15. The molecule has 6 amide bonds. The Morgan fingerprint density at radius 2 is 0.898 bits per heavy atom. The van der Waals surface area contributed by atoms with Crippen LogP contribution in [0.15, 0.2) is 179 Å². The number of amides is 6. The molecule has 0 saturated carbocycles. The number of methoxy groups -OCH3 is 3. The molecule has 0 bridgehead atoms. The Kier molecular flexibility index (Phi) is 20.6. The van der Waals surface area contributed by atoms with Gasteiger partial charge in [-0.2, -0.15) is 13.2 Å². The number of carbonyl (C=O) groups excluding carboxylic acids is 6. The first-order valence-electron chi connectivity index (χ1n) is 25.2. The van der Waals surface area contributed by atoms with E-state index in [1.54, 1.807) is 60.0 Å². The van der Waals surface area contributed by atoms with Crippen molar-refractivity contribution in [3.05, 3.63) is 181 Å². The molecule has 0 aliphatic heterocycles. The zero-order valence-electron chi connectivity index (χ0n) is 46.2. The number of anilines is 3. The molecule has 0 radical (unpaired) electrons. The second-order valence-corrected chi connectivity index (χ2v) is 23.9. The zero-order valence-corrected chi connectivity index (χ0v) is 49.4. The third-order valence-electron chi connectivity index (χ3n) is 12.5. The first kappa shape index (κ1) is 65.6. The van der Waals surface area contributed by atoms with E-state index in [9.17, 15) is 71.6 Å². The highest BCUT2D eigenvalue weighted by Gasteiger charge is 2.31. The molecule has 24 nitrogen and oxygen atoms in total. The lowest BCUT2D eigenvalue weighted by molar-refractivity contribution is -0.137. The summed E-state index contributed by atoms with van der Waals surface area (Å²) in [5, 5.41) is 10.7. The molecule has 88 heavy (non-hydrogen) atoms. The van der Waals surface area contributed by atoms with Crippen molar-refractivity contribution in [1.29, 1.82) is 0 Å². The van der Waals surface area contributed by atoms with E-state index in [2.05, 4.69) is 30.2 Å². The first-order chi connectivity index (χ1) is 41.5. The maximum absolute atomic E-state index is 13.2. The van der Waals surface area contributed by atoms with Gasteiger partial charge in [0.2, 0.25) is 17.7 Å². The van der Waals surface area contributed by atoms with Gasteiger partial charge in [0.05, 0.1) is 41.6 Å². The average Bonchev–Trinajstić information content (AvgIpc) is 1.63. The molecular formula is C56H62ClF4N9O15S3. The second-order valence-electron chi connectivity index (χ2n) is 18.4. The highest BCUT2D eigenvalue weighted by Crippen LogP contribution is 2.33. The molecule has 0 saturated heterocycles. The Hall–Kier alpha value is -9.98. The summed E-state index contributed by atoms with van der Waals surface area (Å²) >= 11 is 5.96. The fourth-order valence-electron chi connectivity index (χ4n) is 8.15. The van der Waals surface area contributed by atoms with Gasteiger partial charge in [-0.05, 0) is 152 Å². The number of alkyl halides is 3. The Morgan fingerprint density at radius 1 is 0.500 bits per heavy atom. The quantitative estimate of drug-likeness (QED) is 0.0410. The molecule has 0 spiro atoms. The van der Waals surface area contributed by atoms with Crippen molar-refractivity contribution in [2.24, 2.45) is 0 Å². The molecule has 6 aromatic carbocycles. The van der Waals surface area contributed by atoms with E-state index in [-0.39, 0.29) is 65.2 Å². The smallest absolute Gasteiger partial charge is 0.420 e. The number of benzene rings is 6. The van der Waals surface area contributed by atoms with Crippen molar-refractivity contribution in [2.75, 3.05) is 37.3 Å². The summed E-state index contributed by atoms with van der Waals surface area (Å²) in [5.41, 5.74) is 2.06. The molecule has 0 aliphatic carbocycles. The van der Waals surface area contributed by atoms with E-state index < -0.39 is 72.0 Å². The summed E-state index contributed by atoms with van der Waals surface area (Å²) in [6.07, 6.45) is -2.87. The van der Waals surface area contributed by atoms with E-state index in [0.29, 0.717) is 32.7 Å². The van der Waals surface area contributed by atoms with Crippen LogP contribution in [-0.2, 0) is 77.9 Å². The Bertz CT molecular complexity index is 4300. The van der Waals surface area contributed by atoms with E-state index in [0.717, 1.165) is 44.4 Å². The van der Waals surface area contributed by atoms with Crippen LogP contribution in [0, 0.1) is 5.82 Å². The van der Waals surface area contributed by atoms with Gasteiger partial charge < -0.3 is 43.9 Å². The zero-order chi connectivity index (χ0) is 64.3. The summed E-state index contributed by atoms with van der Waals surface area (Å²) in [5.74, 6) is -1.50. The molecule has 32 heteroatoms. The summed E-state index contributed by atoms with van der Waals surface area (Å²) < 4.78 is 147. The molecule has 0 fully saturated rings. The van der Waals surface area contributed by atoms with Crippen LogP contribution in [0.1, 0.15) is 27.1 Å². The van der Waals surface area contributed by atoms with Gasteiger partial charge in [0.1, 0.15) is 24.9 Å². The minimum absolute atomic E-state index is 0. The van der Waals surface area contributed by atoms with Gasteiger partial charge in [0, 0.05) is 76.6 Å². The lowest BCUT2D eigenvalue weighted by Gasteiger charge is -2.16. The first-order valence-corrected chi connectivity index (χ1v) is 30.0. The van der Waals surface area contributed by atoms with E-state index in [1.165, 1.54) is 109 Å². The van der Waals surface area contributed by atoms with Crippen molar-refractivity contribution in [3.63, 3.8) is 0 Å². The fourth-order valence-corrected chi connectivity index (χ4v) is 11.1. The molecule has 9 aromatic rings. The standard InChI is InChI=1S/C20H18F3N3O5S.C18H16ClN3O5S.C18H16FN3O5S.6H2/c1-12(26-10-9-13-3-4-14(11-17(13)26)20(21,22)23)18(27)24-15-5-7-16(8-6-15)32(29,30)25-19(28)31-2;2*1-27-18(24)21-28(25,26)15-5-3-14(4-6-15)20-17(23)11-22-9-8-12-10-13(19)2-7-16(12)22;;;;;;/h3-12H,1-2H3,(H,24,27)(H,25,28);2*2-10H,11H2,1H3,(H,20,23)(H,21,24);6*1H/t12-;;;;;;;;/m0......../s1. The van der Waals surface area contributed by atoms with Crippen LogP contribution in [0.4, 0.5) is 49.0 Å². The van der Waals surface area contributed by atoms with Crippen molar-refractivity contribution in [2.45, 2.75) is 46.9 Å². The largest absolute Gasteiger partial charge is 0.452 e. The lowest BCUT2D eigenvalue weighted by atomic mass is 10.1. The number of carbonyl (C=O) groups is 6. The number of sulfonamides is 3. The number of halogens is 5. The van der Waals surface area contributed by atoms with Gasteiger partial charge in [0.25, 0.3) is 30.1 Å². The van der Waals surface area contributed by atoms with Crippen molar-refractivity contribution in [1.82, 2.24) is 27.9 Å². The minimum Gasteiger partial charge on any atom is -0.452 e. The SMILES string of the molecule is COC(=O)NS(=O)(=O)c1ccc(NC(=O)Cn2ccc3cc(Cl)ccc32)cc1.COC(=O)NS(=O)(=O)c1ccc(NC(=O)Cn2ccc3cc(F)ccc32)cc1.COC(=O)NS(=O)(=O)c1ccc(NC(=O)[C@H](C)n2ccc3ccc(C(F)(F)F)cc32)cc1.[HH].[HH].[HH].[HH].[HH].[HH]. The summed E-state index contributed by atoms with van der Waals surface area (Å²) in [7, 11) is -9.11. The number of aromatic nitrogens is 3. The molecule has 1 atom stereocenters. The monoisotopic (exact) mass is 1310 g/mol. The minimum atomic E-state index is -4.51. The Balaban J connectivity index is 0.000000685. The van der Waals surface area contributed by atoms with Crippen molar-refractivity contribution in [3.8, 4) is 0 Å². The van der Waals surface area contributed by atoms with Crippen LogP contribution in [-0.4, -0.2) is 96.3 Å². The Labute approximate surface area is 512 Å². The number of ether oxygens (including phenoxy) is 3. The van der Waals surface area contributed by atoms with Crippen LogP contribution < -0.4 is 30.1 Å². The second kappa shape index (κ2) is 27.6. The van der Waals surface area contributed by atoms with Crippen LogP contribution in [0.2, 0.25) is 5.02 Å². The Morgan fingerprint density at radius 3 is 1.32 bits per heavy atom. The molecule has 0 aliphatic rings. The maximum atomic E-state index is 13.2. The van der Waals surface area contributed by atoms with Gasteiger partial charge in [-0.3, -0.25) is 14.4 Å². The van der Waals surface area contributed by atoms with E-state index >= 15 is 0 Å². The third kappa shape index (κ3) is 16.9. The predicted molar refractivity (Wildman–Crippen MR) is 327 cm³/mol. The average molecular weight is 1310 g/mol. The highest BCUT2D eigenvalue weighted by atomic mass is 35.5. The van der Waals surface area contributed by atoms with Gasteiger partial charge in [-0.15, -0.1) is 0 Å². The molecule has 3 heterocycles. The van der Waals surface area contributed by atoms with E-state index in [4.69, 9.17) is 11.6 Å². The van der Waals surface area contributed by atoms with Crippen LogP contribution in [0.5, 0.6) is 0 Å². The summed E-state index contributed by atoms with van der Waals surface area (Å²) in [6.45, 7) is 1.60. The molecule has 6 N–H and O–H groups in total. The lowest BCUT2D eigenvalue weighted by Crippen LogP contribution is -2.30. The number of rotatable bonds is 15. The van der Waals surface area contributed by atoms with Crippen LogP contribution in [0.25, 0.3) is 32.7 Å². The van der Waals surface area contributed by atoms with Gasteiger partial charge in [-0.25, -0.2) is 58.2 Å². The third-order valence-corrected chi connectivity index (χ3v) is 16.7. The number of nitrogens with one attached hydrogen (secondary N) is 6. The van der Waals surface area contributed by atoms with Crippen molar-refractivity contribution < 1.29 is 94.4 Å². The number of hydrogen-bond donors (Lipinski definition) is 6. The molecule has 9 rings (SSSR count). The molecule has 0 unspecified atom stereocenters. The number of fused-ring (bicyclic) bond motifs is 3. The van der Waals surface area contributed by atoms with Gasteiger partial charge in [0.15, 0.2) is 0 Å². The van der Waals surface area contributed by atoms with Crippen LogP contribution >= 0.6 is 11.6 Å². The topological polar surface area (TPSA) is 319 Å². The number of nitrogens with zero attached hydrogens (tertiary/aromatic N) is 3. The van der Waals surface area contributed by atoms with Gasteiger partial charge >= 0.3 is 24.5 Å². The fraction of sp³-hybridized carbons (Fsp3) is 0.143. The summed E-state index contributed by atoms with van der Waals surface area (Å²) in [6, 6.07) is 32.9.